The minimum absolute atomic E-state index is 0.513. The molecule has 4 heteroatoms. The Bertz CT molecular complexity index is 718. The Labute approximate surface area is 116 Å². The molecule has 0 saturated carbocycles. The molecule has 0 aliphatic carbocycles. The summed E-state index contributed by atoms with van der Waals surface area (Å²) in [5.74, 6) is 0. The highest BCUT2D eigenvalue weighted by molar-refractivity contribution is 9.08. The topological polar surface area (TPSA) is 13.1 Å². The molecule has 0 spiro atoms. The van der Waals surface area contributed by atoms with Gasteiger partial charge in [-0.25, -0.2) is 0 Å². The number of hydrogen-bond donors (Lipinski definition) is 0. The lowest BCUT2D eigenvalue weighted by Gasteiger charge is -1.98. The lowest BCUT2D eigenvalue weighted by molar-refractivity contribution is 0.669. The van der Waals surface area contributed by atoms with E-state index in [2.05, 4.69) is 22.0 Å². The minimum atomic E-state index is 0.513. The van der Waals surface area contributed by atoms with Crippen LogP contribution in [-0.2, 0) is 5.33 Å². The third-order valence-corrected chi connectivity index (χ3v) is 4.09. The zero-order chi connectivity index (χ0) is 12.0. The van der Waals surface area contributed by atoms with E-state index in [4.69, 9.17) is 27.6 Å². The molecule has 1 heterocycles. The van der Waals surface area contributed by atoms with Crippen molar-refractivity contribution in [1.82, 2.24) is 0 Å². The Morgan fingerprint density at radius 1 is 1.06 bits per heavy atom. The van der Waals surface area contributed by atoms with Crippen molar-refractivity contribution in [3.05, 3.63) is 45.9 Å². The van der Waals surface area contributed by atoms with E-state index in [1.807, 2.05) is 18.2 Å². The largest absolute Gasteiger partial charge is 0.456 e. The summed E-state index contributed by atoms with van der Waals surface area (Å²) in [6.45, 7) is 0. The molecule has 3 aromatic rings. The quantitative estimate of drug-likeness (QED) is 0.515. The number of halogens is 3. The molecule has 0 aliphatic rings. The number of hydrogen-bond acceptors (Lipinski definition) is 1. The molecular weight excluding hydrogens is 323 g/mol. The molecule has 0 unspecified atom stereocenters. The molecule has 86 valence electrons. The average Bonchev–Trinajstić information content (AvgIpc) is 2.67. The molecule has 0 aliphatic heterocycles. The van der Waals surface area contributed by atoms with Crippen molar-refractivity contribution in [2.45, 2.75) is 5.33 Å². The molecule has 1 aromatic heterocycles. The second-order valence-electron chi connectivity index (χ2n) is 3.79. The molecule has 0 atom stereocenters. The Balaban J connectivity index is 2.53. The van der Waals surface area contributed by atoms with E-state index < -0.39 is 0 Å². The van der Waals surface area contributed by atoms with Gasteiger partial charge >= 0.3 is 0 Å². The van der Waals surface area contributed by atoms with Crippen LogP contribution in [0.5, 0.6) is 0 Å². The first-order valence-corrected chi connectivity index (χ1v) is 6.93. The minimum Gasteiger partial charge on any atom is -0.456 e. The van der Waals surface area contributed by atoms with Gasteiger partial charge in [0.2, 0.25) is 0 Å². The normalized spacial score (nSPS) is 11.5. The number of fused-ring (bicyclic) bond motifs is 3. The van der Waals surface area contributed by atoms with Crippen molar-refractivity contribution < 1.29 is 4.42 Å². The van der Waals surface area contributed by atoms with Gasteiger partial charge in [-0.2, -0.15) is 0 Å². The van der Waals surface area contributed by atoms with E-state index in [9.17, 15) is 0 Å². The molecule has 3 rings (SSSR count). The van der Waals surface area contributed by atoms with E-state index in [0.717, 1.165) is 27.3 Å². The van der Waals surface area contributed by atoms with Crippen molar-refractivity contribution >= 4 is 61.1 Å². The van der Waals surface area contributed by atoms with Gasteiger partial charge in [0.05, 0.1) is 10.0 Å². The third-order valence-electron chi connectivity index (χ3n) is 2.77. The SMILES string of the molecule is Clc1cc2oc3cccc(CBr)c3c2cc1Cl. The van der Waals surface area contributed by atoms with E-state index in [1.54, 1.807) is 6.07 Å². The summed E-state index contributed by atoms with van der Waals surface area (Å²) in [6.07, 6.45) is 0. The number of rotatable bonds is 1. The van der Waals surface area contributed by atoms with Crippen LogP contribution in [0.1, 0.15) is 5.56 Å². The van der Waals surface area contributed by atoms with E-state index in [-0.39, 0.29) is 0 Å². The van der Waals surface area contributed by atoms with Crippen LogP contribution in [0.3, 0.4) is 0 Å². The van der Waals surface area contributed by atoms with Crippen molar-refractivity contribution in [1.29, 1.82) is 0 Å². The third kappa shape index (κ3) is 1.75. The van der Waals surface area contributed by atoms with Crippen LogP contribution in [0.4, 0.5) is 0 Å². The fourth-order valence-corrected chi connectivity index (χ4v) is 2.79. The first-order chi connectivity index (χ1) is 8.20. The number of benzene rings is 2. The predicted molar refractivity (Wildman–Crippen MR) is 76.4 cm³/mol. The van der Waals surface area contributed by atoms with Gasteiger partial charge in [-0.15, -0.1) is 0 Å². The summed E-state index contributed by atoms with van der Waals surface area (Å²) in [4.78, 5) is 0. The monoisotopic (exact) mass is 328 g/mol. The summed E-state index contributed by atoms with van der Waals surface area (Å²) in [5, 5.41) is 3.94. The molecule has 0 radical (unpaired) electrons. The highest BCUT2D eigenvalue weighted by atomic mass is 79.9. The summed E-state index contributed by atoms with van der Waals surface area (Å²) in [7, 11) is 0. The fourth-order valence-electron chi connectivity index (χ4n) is 2.01. The first-order valence-electron chi connectivity index (χ1n) is 5.06. The molecule has 1 nitrogen and oxygen atoms in total. The Morgan fingerprint density at radius 3 is 2.59 bits per heavy atom. The molecular formula is C13H7BrCl2O. The van der Waals surface area contributed by atoms with Gasteiger partial charge < -0.3 is 4.42 Å². The van der Waals surface area contributed by atoms with E-state index >= 15 is 0 Å². The van der Waals surface area contributed by atoms with Crippen molar-refractivity contribution in [3.63, 3.8) is 0 Å². The second kappa shape index (κ2) is 4.20. The Kier molecular flexibility index (Phi) is 2.81. The van der Waals surface area contributed by atoms with Crippen LogP contribution >= 0.6 is 39.1 Å². The van der Waals surface area contributed by atoms with Gasteiger partial charge in [-0.05, 0) is 17.7 Å². The van der Waals surface area contributed by atoms with Crippen LogP contribution in [0.25, 0.3) is 21.9 Å². The average molecular weight is 330 g/mol. The number of furan rings is 1. The zero-order valence-electron chi connectivity index (χ0n) is 8.64. The van der Waals surface area contributed by atoms with Crippen LogP contribution < -0.4 is 0 Å². The maximum Gasteiger partial charge on any atom is 0.137 e. The smallest absolute Gasteiger partial charge is 0.137 e. The van der Waals surface area contributed by atoms with Gasteiger partial charge in [-0.1, -0.05) is 51.3 Å². The number of alkyl halides is 1. The summed E-state index contributed by atoms with van der Waals surface area (Å²) in [5.41, 5.74) is 2.80. The summed E-state index contributed by atoms with van der Waals surface area (Å²) >= 11 is 15.5. The molecule has 2 aromatic carbocycles. The van der Waals surface area contributed by atoms with Crippen molar-refractivity contribution in [2.24, 2.45) is 0 Å². The first kappa shape index (κ1) is 11.4. The predicted octanol–water partition coefficient (Wildman–Crippen LogP) is 5.79. The fraction of sp³-hybridized carbons (Fsp3) is 0.0769. The molecule has 0 amide bonds. The zero-order valence-corrected chi connectivity index (χ0v) is 11.7. The van der Waals surface area contributed by atoms with Gasteiger partial charge in [0.25, 0.3) is 0 Å². The van der Waals surface area contributed by atoms with Crippen LogP contribution in [0.15, 0.2) is 34.7 Å². The molecule has 0 bridgehead atoms. The standard InChI is InChI=1S/C13H7BrCl2O/c14-6-7-2-1-3-11-13(7)8-4-9(15)10(16)5-12(8)17-11/h1-5H,6H2. The lowest BCUT2D eigenvalue weighted by Crippen LogP contribution is -1.78. The maximum absolute atomic E-state index is 6.06. The summed E-state index contributed by atoms with van der Waals surface area (Å²) < 4.78 is 5.77. The maximum atomic E-state index is 6.06. The molecule has 0 N–H and O–H groups in total. The van der Waals surface area contributed by atoms with Crippen LogP contribution in [0, 0.1) is 0 Å². The van der Waals surface area contributed by atoms with Crippen molar-refractivity contribution in [2.75, 3.05) is 0 Å². The Morgan fingerprint density at radius 2 is 1.82 bits per heavy atom. The molecule has 0 saturated heterocycles. The van der Waals surface area contributed by atoms with Crippen molar-refractivity contribution in [3.8, 4) is 0 Å². The van der Waals surface area contributed by atoms with Crippen LogP contribution in [-0.4, -0.2) is 0 Å². The van der Waals surface area contributed by atoms with Gasteiger partial charge in [0, 0.05) is 22.2 Å². The lowest BCUT2D eigenvalue weighted by atomic mass is 10.1. The molecule has 0 fully saturated rings. The van der Waals surface area contributed by atoms with Gasteiger partial charge in [-0.3, -0.25) is 0 Å². The van der Waals surface area contributed by atoms with E-state index in [1.165, 1.54) is 5.56 Å². The second-order valence-corrected chi connectivity index (χ2v) is 5.16. The highest BCUT2D eigenvalue weighted by Crippen LogP contribution is 2.36. The molecule has 17 heavy (non-hydrogen) atoms. The van der Waals surface area contributed by atoms with Gasteiger partial charge in [0.1, 0.15) is 11.2 Å². The van der Waals surface area contributed by atoms with Gasteiger partial charge in [0.15, 0.2) is 0 Å². The Hall–Kier alpha value is -0.700. The van der Waals surface area contributed by atoms with Crippen LogP contribution in [0.2, 0.25) is 10.0 Å². The summed E-state index contributed by atoms with van der Waals surface area (Å²) in [6, 6.07) is 9.61. The highest BCUT2D eigenvalue weighted by Gasteiger charge is 2.12. The van der Waals surface area contributed by atoms with E-state index in [0.29, 0.717) is 10.0 Å².